The Bertz CT molecular complexity index is 628. The molecule has 0 spiro atoms. The summed E-state index contributed by atoms with van der Waals surface area (Å²) in [5.41, 5.74) is 0.436. The number of rotatable bonds is 5. The SMILES string of the molecule is O=C(NCCc1cnc[nH]1)c1cccc(Cl)c1[N+](=O)[O-]. The maximum Gasteiger partial charge on any atom is 0.300 e. The zero-order valence-electron chi connectivity index (χ0n) is 10.3. The number of aromatic nitrogens is 2. The molecule has 0 bridgehead atoms. The van der Waals surface area contributed by atoms with Gasteiger partial charge in [0.25, 0.3) is 5.91 Å². The summed E-state index contributed by atoms with van der Waals surface area (Å²) in [7, 11) is 0. The molecule has 2 N–H and O–H groups in total. The zero-order valence-corrected chi connectivity index (χ0v) is 11.1. The van der Waals surface area contributed by atoms with Gasteiger partial charge in [0.15, 0.2) is 0 Å². The van der Waals surface area contributed by atoms with Crippen molar-refractivity contribution >= 4 is 23.2 Å². The number of nitro benzene ring substituents is 1. The van der Waals surface area contributed by atoms with Gasteiger partial charge in [0, 0.05) is 24.9 Å². The fourth-order valence-corrected chi connectivity index (χ4v) is 1.95. The van der Waals surface area contributed by atoms with E-state index in [2.05, 4.69) is 15.3 Å². The third-order valence-corrected chi connectivity index (χ3v) is 2.95. The number of benzene rings is 1. The largest absolute Gasteiger partial charge is 0.351 e. The van der Waals surface area contributed by atoms with Crippen LogP contribution in [0.2, 0.25) is 5.02 Å². The summed E-state index contributed by atoms with van der Waals surface area (Å²) < 4.78 is 0. The fraction of sp³-hybridized carbons (Fsp3) is 0.167. The number of nitro groups is 1. The van der Waals surface area contributed by atoms with Crippen LogP contribution in [0.1, 0.15) is 16.1 Å². The Morgan fingerprint density at radius 1 is 1.50 bits per heavy atom. The molecule has 1 aromatic carbocycles. The van der Waals surface area contributed by atoms with Gasteiger partial charge < -0.3 is 10.3 Å². The van der Waals surface area contributed by atoms with E-state index in [9.17, 15) is 14.9 Å². The molecule has 1 amide bonds. The van der Waals surface area contributed by atoms with E-state index < -0.39 is 10.8 Å². The molecule has 0 radical (unpaired) electrons. The van der Waals surface area contributed by atoms with Crippen LogP contribution in [0.4, 0.5) is 5.69 Å². The van der Waals surface area contributed by atoms with Crippen LogP contribution in [0.25, 0.3) is 0 Å². The Morgan fingerprint density at radius 2 is 2.30 bits per heavy atom. The number of amides is 1. The highest BCUT2D eigenvalue weighted by molar-refractivity contribution is 6.33. The van der Waals surface area contributed by atoms with Crippen LogP contribution in [-0.2, 0) is 6.42 Å². The second-order valence-electron chi connectivity index (χ2n) is 3.98. The molecule has 0 fully saturated rings. The topological polar surface area (TPSA) is 101 Å². The van der Waals surface area contributed by atoms with Crippen LogP contribution in [0.15, 0.2) is 30.7 Å². The van der Waals surface area contributed by atoms with Crippen LogP contribution >= 0.6 is 11.6 Å². The average molecular weight is 295 g/mol. The molecule has 0 unspecified atom stereocenters. The lowest BCUT2D eigenvalue weighted by atomic mass is 10.1. The van der Waals surface area contributed by atoms with E-state index in [0.717, 1.165) is 5.69 Å². The van der Waals surface area contributed by atoms with Crippen molar-refractivity contribution in [2.24, 2.45) is 0 Å². The predicted molar refractivity (Wildman–Crippen MR) is 72.7 cm³/mol. The minimum atomic E-state index is -0.661. The van der Waals surface area contributed by atoms with Crippen LogP contribution in [-0.4, -0.2) is 27.3 Å². The summed E-state index contributed by atoms with van der Waals surface area (Å²) in [4.78, 5) is 29.0. The number of aromatic amines is 1. The second-order valence-corrected chi connectivity index (χ2v) is 4.38. The first-order chi connectivity index (χ1) is 9.59. The van der Waals surface area contributed by atoms with Crippen LogP contribution in [0.5, 0.6) is 0 Å². The van der Waals surface area contributed by atoms with Crippen LogP contribution < -0.4 is 5.32 Å². The molecule has 0 aliphatic heterocycles. The highest BCUT2D eigenvalue weighted by Gasteiger charge is 2.23. The maximum atomic E-state index is 12.0. The Hall–Kier alpha value is -2.41. The van der Waals surface area contributed by atoms with Crippen molar-refractivity contribution in [1.29, 1.82) is 0 Å². The standard InChI is InChI=1S/C12H11ClN4O3/c13-10-3-1-2-9(11(10)17(19)20)12(18)15-5-4-8-6-14-7-16-8/h1-3,6-7H,4-5H2,(H,14,16)(H,15,18). The van der Waals surface area contributed by atoms with Gasteiger partial charge >= 0.3 is 5.69 Å². The maximum absolute atomic E-state index is 12.0. The summed E-state index contributed by atoms with van der Waals surface area (Å²) in [5, 5.41) is 13.5. The van der Waals surface area contributed by atoms with Gasteiger partial charge in [-0.1, -0.05) is 17.7 Å². The molecular weight excluding hydrogens is 284 g/mol. The molecule has 1 heterocycles. The third-order valence-electron chi connectivity index (χ3n) is 2.65. The van der Waals surface area contributed by atoms with Crippen molar-refractivity contribution < 1.29 is 9.72 Å². The lowest BCUT2D eigenvalue weighted by Gasteiger charge is -2.05. The zero-order chi connectivity index (χ0) is 14.5. The summed E-state index contributed by atoms with van der Waals surface area (Å²) in [6.07, 6.45) is 3.74. The minimum absolute atomic E-state index is 0.0490. The van der Waals surface area contributed by atoms with Gasteiger partial charge in [-0.2, -0.15) is 0 Å². The van der Waals surface area contributed by atoms with Gasteiger partial charge in [-0.25, -0.2) is 4.98 Å². The number of nitrogens with one attached hydrogen (secondary N) is 2. The molecule has 0 saturated carbocycles. The van der Waals surface area contributed by atoms with Crippen molar-refractivity contribution in [3.05, 3.63) is 57.1 Å². The highest BCUT2D eigenvalue weighted by atomic mass is 35.5. The summed E-state index contributed by atoms with van der Waals surface area (Å²) in [5.74, 6) is -0.529. The number of hydrogen-bond acceptors (Lipinski definition) is 4. The van der Waals surface area contributed by atoms with Crippen molar-refractivity contribution in [2.75, 3.05) is 6.54 Å². The molecule has 0 aliphatic carbocycles. The highest BCUT2D eigenvalue weighted by Crippen LogP contribution is 2.27. The number of nitrogens with zero attached hydrogens (tertiary/aromatic N) is 2. The van der Waals surface area contributed by atoms with Gasteiger partial charge in [0.2, 0.25) is 0 Å². The number of halogens is 1. The van der Waals surface area contributed by atoms with Gasteiger partial charge in [-0.3, -0.25) is 14.9 Å². The predicted octanol–water partition coefficient (Wildman–Crippen LogP) is 1.94. The molecule has 20 heavy (non-hydrogen) atoms. The molecule has 2 rings (SSSR count). The smallest absolute Gasteiger partial charge is 0.300 e. The van der Waals surface area contributed by atoms with E-state index in [4.69, 9.17) is 11.6 Å². The van der Waals surface area contributed by atoms with Gasteiger partial charge in [-0.05, 0) is 12.1 Å². The van der Waals surface area contributed by atoms with Gasteiger partial charge in [-0.15, -0.1) is 0 Å². The fourth-order valence-electron chi connectivity index (χ4n) is 1.71. The Kier molecular flexibility index (Phi) is 4.31. The molecule has 7 nitrogen and oxygen atoms in total. The number of carbonyl (C=O) groups excluding carboxylic acids is 1. The lowest BCUT2D eigenvalue weighted by Crippen LogP contribution is -2.26. The average Bonchev–Trinajstić information content (AvgIpc) is 2.91. The van der Waals surface area contributed by atoms with Crippen molar-refractivity contribution in [3.8, 4) is 0 Å². The normalized spacial score (nSPS) is 10.2. The first-order valence-electron chi connectivity index (χ1n) is 5.78. The van der Waals surface area contributed by atoms with E-state index >= 15 is 0 Å². The lowest BCUT2D eigenvalue weighted by molar-refractivity contribution is -0.385. The van der Waals surface area contributed by atoms with Crippen molar-refractivity contribution in [1.82, 2.24) is 15.3 Å². The van der Waals surface area contributed by atoms with E-state index in [1.54, 1.807) is 12.5 Å². The van der Waals surface area contributed by atoms with Gasteiger partial charge in [0.05, 0.1) is 11.3 Å². The van der Waals surface area contributed by atoms with Crippen molar-refractivity contribution in [3.63, 3.8) is 0 Å². The Morgan fingerprint density at radius 3 is 2.95 bits per heavy atom. The first kappa shape index (κ1) is 14.0. The molecule has 8 heteroatoms. The number of para-hydroxylation sites is 1. The van der Waals surface area contributed by atoms with E-state index in [1.165, 1.54) is 18.2 Å². The Balaban J connectivity index is 2.06. The second kappa shape index (κ2) is 6.16. The molecule has 0 atom stereocenters. The number of imidazole rings is 1. The Labute approximate surface area is 119 Å². The van der Waals surface area contributed by atoms with E-state index in [1.807, 2.05) is 0 Å². The molecular formula is C12H11ClN4O3. The van der Waals surface area contributed by atoms with Crippen LogP contribution in [0, 0.1) is 10.1 Å². The molecule has 0 saturated heterocycles. The van der Waals surface area contributed by atoms with Gasteiger partial charge in [0.1, 0.15) is 10.6 Å². The molecule has 0 aliphatic rings. The quantitative estimate of drug-likeness (QED) is 0.650. The summed E-state index contributed by atoms with van der Waals surface area (Å²) >= 11 is 5.75. The third kappa shape index (κ3) is 3.12. The van der Waals surface area contributed by atoms with E-state index in [-0.39, 0.29) is 16.3 Å². The summed E-state index contributed by atoms with van der Waals surface area (Å²) in [6.45, 7) is 0.338. The van der Waals surface area contributed by atoms with E-state index in [0.29, 0.717) is 13.0 Å². The number of hydrogen-bond donors (Lipinski definition) is 2. The van der Waals surface area contributed by atoms with Crippen LogP contribution in [0.3, 0.4) is 0 Å². The monoisotopic (exact) mass is 294 g/mol. The summed E-state index contributed by atoms with van der Waals surface area (Å²) in [6, 6.07) is 4.25. The molecule has 104 valence electrons. The number of carbonyl (C=O) groups is 1. The molecule has 2 aromatic rings. The first-order valence-corrected chi connectivity index (χ1v) is 6.15. The van der Waals surface area contributed by atoms with Crippen molar-refractivity contribution in [2.45, 2.75) is 6.42 Å². The molecule has 1 aromatic heterocycles. The number of H-pyrrole nitrogens is 1. The minimum Gasteiger partial charge on any atom is -0.351 e.